The van der Waals surface area contributed by atoms with E-state index in [2.05, 4.69) is 22.6 Å². The number of amides is 1. The Labute approximate surface area is 95.2 Å². The van der Waals surface area contributed by atoms with Gasteiger partial charge in [0.1, 0.15) is 0 Å². The lowest BCUT2D eigenvalue weighted by Crippen LogP contribution is -2.24. The van der Waals surface area contributed by atoms with Crippen molar-refractivity contribution in [3.05, 3.63) is 11.9 Å². The van der Waals surface area contributed by atoms with Gasteiger partial charge in [-0.25, -0.2) is 0 Å². The molecule has 3 N–H and O–H groups in total. The molecular weight excluding hydrogens is 206 g/mol. The molecule has 1 heterocycles. The van der Waals surface area contributed by atoms with Gasteiger partial charge in [0.25, 0.3) is 5.91 Å². The fourth-order valence-corrected chi connectivity index (χ4v) is 1.31. The molecule has 0 bridgehead atoms. The molecule has 0 radical (unpaired) electrons. The number of hydrogen-bond acceptors (Lipinski definition) is 4. The number of rotatable bonds is 7. The average Bonchev–Trinajstić information content (AvgIpc) is 2.73. The first-order chi connectivity index (χ1) is 7.77. The minimum atomic E-state index is -0.167. The number of carbonyl (C=O) groups excluding carboxylic acids is 1. The molecule has 0 spiro atoms. The van der Waals surface area contributed by atoms with Crippen molar-refractivity contribution in [2.24, 2.45) is 5.73 Å². The van der Waals surface area contributed by atoms with Gasteiger partial charge in [-0.1, -0.05) is 25.0 Å². The molecule has 0 aliphatic rings. The molecule has 0 fully saturated rings. The zero-order chi connectivity index (χ0) is 11.8. The summed E-state index contributed by atoms with van der Waals surface area (Å²) < 4.78 is 1.57. The maximum Gasteiger partial charge on any atom is 0.273 e. The second-order valence-corrected chi connectivity index (χ2v) is 3.62. The molecule has 0 aliphatic carbocycles. The summed E-state index contributed by atoms with van der Waals surface area (Å²) in [5, 5.41) is 10.4. The SMILES string of the molecule is CCCCCNC(=O)c1cn(CCN)nn1. The van der Waals surface area contributed by atoms with Crippen LogP contribution in [-0.2, 0) is 6.54 Å². The summed E-state index contributed by atoms with van der Waals surface area (Å²) in [6, 6.07) is 0. The maximum atomic E-state index is 11.6. The Balaban J connectivity index is 2.34. The van der Waals surface area contributed by atoms with Gasteiger partial charge >= 0.3 is 0 Å². The largest absolute Gasteiger partial charge is 0.351 e. The number of hydrogen-bond donors (Lipinski definition) is 2. The lowest BCUT2D eigenvalue weighted by Gasteiger charge is -2.00. The molecule has 90 valence electrons. The molecule has 0 aromatic carbocycles. The first-order valence-electron chi connectivity index (χ1n) is 5.66. The van der Waals surface area contributed by atoms with E-state index in [1.54, 1.807) is 10.9 Å². The van der Waals surface area contributed by atoms with E-state index in [1.165, 1.54) is 0 Å². The van der Waals surface area contributed by atoms with Crippen molar-refractivity contribution in [1.29, 1.82) is 0 Å². The molecule has 1 rings (SSSR count). The molecule has 0 saturated heterocycles. The molecule has 0 saturated carbocycles. The number of aromatic nitrogens is 3. The zero-order valence-corrected chi connectivity index (χ0v) is 9.65. The molecule has 1 aromatic heterocycles. The quantitative estimate of drug-likeness (QED) is 0.647. The number of nitrogens with zero attached hydrogens (tertiary/aromatic N) is 3. The van der Waals surface area contributed by atoms with E-state index < -0.39 is 0 Å². The standard InChI is InChI=1S/C10H19N5O/c1-2-3-4-6-12-10(16)9-8-15(7-5-11)14-13-9/h8H,2-7,11H2,1H3,(H,12,16). The van der Waals surface area contributed by atoms with E-state index in [0.717, 1.165) is 19.3 Å². The van der Waals surface area contributed by atoms with Crippen LogP contribution in [0, 0.1) is 0 Å². The first-order valence-corrected chi connectivity index (χ1v) is 5.66. The summed E-state index contributed by atoms with van der Waals surface area (Å²) in [5.41, 5.74) is 5.72. The molecule has 1 aromatic rings. The molecule has 6 nitrogen and oxygen atoms in total. The third-order valence-electron chi connectivity index (χ3n) is 2.20. The molecule has 0 aliphatic heterocycles. The topological polar surface area (TPSA) is 85.8 Å². The van der Waals surface area contributed by atoms with Crippen molar-refractivity contribution in [3.63, 3.8) is 0 Å². The smallest absolute Gasteiger partial charge is 0.273 e. The number of nitrogens with one attached hydrogen (secondary N) is 1. The summed E-state index contributed by atoms with van der Waals surface area (Å²) in [6.07, 6.45) is 4.88. The van der Waals surface area contributed by atoms with E-state index in [9.17, 15) is 4.79 Å². The second kappa shape index (κ2) is 6.95. The van der Waals surface area contributed by atoms with Gasteiger partial charge < -0.3 is 11.1 Å². The highest BCUT2D eigenvalue weighted by Crippen LogP contribution is 1.95. The van der Waals surface area contributed by atoms with Crippen LogP contribution in [0.25, 0.3) is 0 Å². The van der Waals surface area contributed by atoms with Crippen molar-refractivity contribution >= 4 is 5.91 Å². The minimum absolute atomic E-state index is 0.167. The van der Waals surface area contributed by atoms with Crippen LogP contribution in [0.4, 0.5) is 0 Å². The Hall–Kier alpha value is -1.43. The Kier molecular flexibility index (Phi) is 5.49. The molecule has 1 amide bonds. The molecule has 16 heavy (non-hydrogen) atoms. The van der Waals surface area contributed by atoms with Gasteiger partial charge in [0.2, 0.25) is 0 Å². The van der Waals surface area contributed by atoms with Gasteiger partial charge in [0, 0.05) is 13.1 Å². The number of carbonyl (C=O) groups is 1. The highest BCUT2D eigenvalue weighted by atomic mass is 16.1. The zero-order valence-electron chi connectivity index (χ0n) is 9.65. The second-order valence-electron chi connectivity index (χ2n) is 3.62. The fourth-order valence-electron chi connectivity index (χ4n) is 1.31. The first kappa shape index (κ1) is 12.6. The maximum absolute atomic E-state index is 11.6. The normalized spacial score (nSPS) is 10.4. The van der Waals surface area contributed by atoms with E-state index in [-0.39, 0.29) is 5.91 Å². The minimum Gasteiger partial charge on any atom is -0.351 e. The lowest BCUT2D eigenvalue weighted by atomic mass is 10.2. The van der Waals surface area contributed by atoms with Crippen molar-refractivity contribution in [3.8, 4) is 0 Å². The third kappa shape index (κ3) is 3.98. The lowest BCUT2D eigenvalue weighted by molar-refractivity contribution is 0.0948. The van der Waals surface area contributed by atoms with Crippen LogP contribution in [-0.4, -0.2) is 34.0 Å². The van der Waals surface area contributed by atoms with Crippen LogP contribution < -0.4 is 11.1 Å². The van der Waals surface area contributed by atoms with E-state index >= 15 is 0 Å². The van der Waals surface area contributed by atoms with Crippen molar-refractivity contribution < 1.29 is 4.79 Å². The van der Waals surface area contributed by atoms with Gasteiger partial charge in [-0.15, -0.1) is 5.10 Å². The van der Waals surface area contributed by atoms with Crippen LogP contribution in [0.5, 0.6) is 0 Å². The number of nitrogens with two attached hydrogens (primary N) is 1. The highest BCUT2D eigenvalue weighted by molar-refractivity contribution is 5.91. The van der Waals surface area contributed by atoms with Crippen LogP contribution in [0.1, 0.15) is 36.7 Å². The Morgan fingerprint density at radius 1 is 1.56 bits per heavy atom. The van der Waals surface area contributed by atoms with Crippen molar-refractivity contribution in [2.75, 3.05) is 13.1 Å². The van der Waals surface area contributed by atoms with Crippen molar-refractivity contribution in [1.82, 2.24) is 20.3 Å². The molecule has 0 unspecified atom stereocenters. The van der Waals surface area contributed by atoms with E-state index in [4.69, 9.17) is 5.73 Å². The van der Waals surface area contributed by atoms with Crippen LogP contribution in [0.15, 0.2) is 6.20 Å². The van der Waals surface area contributed by atoms with Gasteiger partial charge in [-0.2, -0.15) is 0 Å². The van der Waals surface area contributed by atoms with Crippen molar-refractivity contribution in [2.45, 2.75) is 32.7 Å². The van der Waals surface area contributed by atoms with Gasteiger partial charge in [-0.05, 0) is 6.42 Å². The van der Waals surface area contributed by atoms with Crippen LogP contribution in [0.2, 0.25) is 0 Å². The predicted octanol–water partition coefficient (Wildman–Crippen LogP) is 0.157. The van der Waals surface area contributed by atoms with E-state index in [0.29, 0.717) is 25.3 Å². The fraction of sp³-hybridized carbons (Fsp3) is 0.700. The molecule has 6 heteroatoms. The van der Waals surface area contributed by atoms with Crippen LogP contribution >= 0.6 is 0 Å². The monoisotopic (exact) mass is 225 g/mol. The highest BCUT2D eigenvalue weighted by Gasteiger charge is 2.09. The van der Waals surface area contributed by atoms with Gasteiger partial charge in [0.05, 0.1) is 12.7 Å². The Bertz CT molecular complexity index is 323. The summed E-state index contributed by atoms with van der Waals surface area (Å²) in [6.45, 7) is 3.88. The Morgan fingerprint density at radius 3 is 3.06 bits per heavy atom. The Morgan fingerprint density at radius 2 is 2.38 bits per heavy atom. The van der Waals surface area contributed by atoms with Gasteiger partial charge in [0.15, 0.2) is 5.69 Å². The average molecular weight is 225 g/mol. The van der Waals surface area contributed by atoms with E-state index in [1.807, 2.05) is 0 Å². The molecular formula is C10H19N5O. The summed E-state index contributed by atoms with van der Waals surface area (Å²) in [7, 11) is 0. The predicted molar refractivity (Wildman–Crippen MR) is 60.9 cm³/mol. The van der Waals surface area contributed by atoms with Crippen LogP contribution in [0.3, 0.4) is 0 Å². The van der Waals surface area contributed by atoms with Gasteiger partial charge in [-0.3, -0.25) is 9.48 Å². The third-order valence-corrected chi connectivity index (χ3v) is 2.20. The summed E-state index contributed by atoms with van der Waals surface area (Å²) in [4.78, 5) is 11.6. The molecule has 0 atom stereocenters. The summed E-state index contributed by atoms with van der Waals surface area (Å²) >= 11 is 0. The number of unbranched alkanes of at least 4 members (excludes halogenated alkanes) is 2. The summed E-state index contributed by atoms with van der Waals surface area (Å²) in [5.74, 6) is -0.167.